The summed E-state index contributed by atoms with van der Waals surface area (Å²) in [5, 5.41) is 14.5. The Hall–Kier alpha value is -1.75. The summed E-state index contributed by atoms with van der Waals surface area (Å²) in [6.45, 7) is 5.19. The van der Waals surface area contributed by atoms with Gasteiger partial charge in [-0.2, -0.15) is 0 Å². The summed E-state index contributed by atoms with van der Waals surface area (Å²) in [6.07, 6.45) is 2.58. The van der Waals surface area contributed by atoms with Gasteiger partial charge in [-0.3, -0.25) is 0 Å². The number of methoxy groups -OCH3 is 1. The number of aromatic nitrogens is 3. The number of hydrogen-bond donors (Lipinski definition) is 2. The molecular weight excluding hydrogens is 450 g/mol. The van der Waals surface area contributed by atoms with E-state index in [1.165, 1.54) is 12.1 Å². The van der Waals surface area contributed by atoms with Crippen molar-refractivity contribution in [3.63, 3.8) is 0 Å². The van der Waals surface area contributed by atoms with Gasteiger partial charge in [-0.05, 0) is 17.7 Å². The molecular formula is C17H26FIN6O. The summed E-state index contributed by atoms with van der Waals surface area (Å²) in [5.74, 6) is 1.40. The lowest BCUT2D eigenvalue weighted by molar-refractivity contribution is 0.203. The fraction of sp³-hybridized carbons (Fsp3) is 0.471. The summed E-state index contributed by atoms with van der Waals surface area (Å²) in [6, 6.07) is 6.34. The Morgan fingerprint density at radius 1 is 1.23 bits per heavy atom. The molecule has 1 aromatic heterocycles. The number of nitrogens with zero attached hydrogens (tertiary/aromatic N) is 4. The van der Waals surface area contributed by atoms with Crippen LogP contribution < -0.4 is 10.6 Å². The fourth-order valence-electron chi connectivity index (χ4n) is 2.24. The number of ether oxygens (including phenoxy) is 1. The van der Waals surface area contributed by atoms with Crippen LogP contribution in [0.25, 0.3) is 0 Å². The highest BCUT2D eigenvalue weighted by atomic mass is 127. The molecule has 2 rings (SSSR count). The molecule has 144 valence electrons. The first-order chi connectivity index (χ1) is 12.2. The zero-order valence-electron chi connectivity index (χ0n) is 15.1. The van der Waals surface area contributed by atoms with Crippen molar-refractivity contribution in [2.45, 2.75) is 26.4 Å². The second-order valence-electron chi connectivity index (χ2n) is 5.43. The normalized spacial score (nSPS) is 11.1. The van der Waals surface area contributed by atoms with Crippen LogP contribution in [0.15, 0.2) is 35.6 Å². The molecule has 0 radical (unpaired) electrons. The SMILES string of the molecule is CCc1nncn1CCNC(=NCc1ccc(F)cc1)NCCOC.I. The molecule has 0 amide bonds. The average Bonchev–Trinajstić information content (AvgIpc) is 3.08. The van der Waals surface area contributed by atoms with E-state index in [1.807, 2.05) is 4.57 Å². The van der Waals surface area contributed by atoms with Crippen LogP contribution in [0.4, 0.5) is 4.39 Å². The van der Waals surface area contributed by atoms with Gasteiger partial charge in [0.2, 0.25) is 0 Å². The minimum atomic E-state index is -0.245. The van der Waals surface area contributed by atoms with Crippen molar-refractivity contribution in [2.75, 3.05) is 26.8 Å². The maximum Gasteiger partial charge on any atom is 0.191 e. The van der Waals surface area contributed by atoms with Crippen LogP contribution >= 0.6 is 24.0 Å². The van der Waals surface area contributed by atoms with E-state index >= 15 is 0 Å². The molecule has 1 heterocycles. The van der Waals surface area contributed by atoms with Gasteiger partial charge in [0.1, 0.15) is 18.0 Å². The van der Waals surface area contributed by atoms with Gasteiger partial charge in [-0.15, -0.1) is 34.2 Å². The van der Waals surface area contributed by atoms with Crippen molar-refractivity contribution in [2.24, 2.45) is 4.99 Å². The van der Waals surface area contributed by atoms with Gasteiger partial charge in [-0.25, -0.2) is 9.38 Å². The molecule has 26 heavy (non-hydrogen) atoms. The molecule has 0 aliphatic rings. The minimum Gasteiger partial charge on any atom is -0.383 e. The zero-order chi connectivity index (χ0) is 17.9. The topological polar surface area (TPSA) is 76.4 Å². The van der Waals surface area contributed by atoms with Crippen LogP contribution in [0, 0.1) is 5.82 Å². The second-order valence-corrected chi connectivity index (χ2v) is 5.43. The second kappa shape index (κ2) is 12.6. The van der Waals surface area contributed by atoms with Gasteiger partial charge in [0, 0.05) is 33.2 Å². The molecule has 0 saturated carbocycles. The van der Waals surface area contributed by atoms with E-state index in [2.05, 4.69) is 32.7 Å². The first-order valence-electron chi connectivity index (χ1n) is 8.35. The van der Waals surface area contributed by atoms with Gasteiger partial charge < -0.3 is 19.9 Å². The van der Waals surface area contributed by atoms with Crippen LogP contribution in [0.3, 0.4) is 0 Å². The van der Waals surface area contributed by atoms with Crippen LogP contribution in [0.2, 0.25) is 0 Å². The van der Waals surface area contributed by atoms with Crippen LogP contribution in [0.1, 0.15) is 18.3 Å². The number of guanidine groups is 1. The number of benzene rings is 1. The highest BCUT2D eigenvalue weighted by Crippen LogP contribution is 2.03. The van der Waals surface area contributed by atoms with E-state index in [-0.39, 0.29) is 29.8 Å². The Bertz CT molecular complexity index is 662. The van der Waals surface area contributed by atoms with Gasteiger partial charge in [0.15, 0.2) is 5.96 Å². The van der Waals surface area contributed by atoms with Crippen molar-refractivity contribution in [3.8, 4) is 0 Å². The Balaban J connectivity index is 0.00000338. The third-order valence-corrected chi connectivity index (χ3v) is 3.59. The number of aliphatic imine (C=N–C) groups is 1. The smallest absolute Gasteiger partial charge is 0.191 e. The van der Waals surface area contributed by atoms with E-state index in [1.54, 1.807) is 25.6 Å². The molecule has 0 spiro atoms. The molecule has 1 aromatic carbocycles. The zero-order valence-corrected chi connectivity index (χ0v) is 17.4. The molecule has 0 bridgehead atoms. The molecule has 0 saturated heterocycles. The van der Waals surface area contributed by atoms with Gasteiger partial charge in [-0.1, -0.05) is 19.1 Å². The molecule has 0 aliphatic carbocycles. The summed E-state index contributed by atoms with van der Waals surface area (Å²) in [7, 11) is 1.66. The third kappa shape index (κ3) is 7.65. The van der Waals surface area contributed by atoms with Crippen LogP contribution in [-0.2, 0) is 24.2 Å². The Morgan fingerprint density at radius 3 is 2.65 bits per heavy atom. The predicted molar refractivity (Wildman–Crippen MR) is 110 cm³/mol. The largest absolute Gasteiger partial charge is 0.383 e. The number of nitrogens with one attached hydrogen (secondary N) is 2. The van der Waals surface area contributed by atoms with E-state index in [0.29, 0.717) is 32.2 Å². The molecule has 0 aliphatic heterocycles. The fourth-order valence-corrected chi connectivity index (χ4v) is 2.24. The average molecular weight is 476 g/mol. The van der Waals surface area contributed by atoms with E-state index in [0.717, 1.165) is 24.4 Å². The number of rotatable bonds is 9. The van der Waals surface area contributed by atoms with E-state index in [4.69, 9.17) is 4.74 Å². The Labute approximate surface area is 170 Å². The number of aryl methyl sites for hydroxylation is 1. The predicted octanol–water partition coefficient (Wildman–Crippen LogP) is 1.98. The lowest BCUT2D eigenvalue weighted by Gasteiger charge is -2.13. The van der Waals surface area contributed by atoms with Crippen LogP contribution in [0.5, 0.6) is 0 Å². The molecule has 7 nitrogen and oxygen atoms in total. The Morgan fingerprint density at radius 2 is 1.96 bits per heavy atom. The minimum absolute atomic E-state index is 0. The van der Waals surface area contributed by atoms with E-state index < -0.39 is 0 Å². The summed E-state index contributed by atoms with van der Waals surface area (Å²) < 4.78 is 20.0. The molecule has 0 atom stereocenters. The van der Waals surface area contributed by atoms with Crippen molar-refractivity contribution in [1.29, 1.82) is 0 Å². The lowest BCUT2D eigenvalue weighted by atomic mass is 10.2. The summed E-state index contributed by atoms with van der Waals surface area (Å²) >= 11 is 0. The molecule has 2 N–H and O–H groups in total. The monoisotopic (exact) mass is 476 g/mol. The standard InChI is InChI=1S/C17H25FN6O.HI/c1-3-16-23-22-13-24(16)10-8-19-17(20-9-11-25-2)21-12-14-4-6-15(18)7-5-14;/h4-7,13H,3,8-12H2,1-2H3,(H2,19,20,21);1H. The highest BCUT2D eigenvalue weighted by Gasteiger charge is 2.03. The van der Waals surface area contributed by atoms with Gasteiger partial charge in [0.05, 0.1) is 13.2 Å². The first kappa shape index (κ1) is 22.3. The van der Waals surface area contributed by atoms with E-state index in [9.17, 15) is 4.39 Å². The molecule has 2 aromatic rings. The third-order valence-electron chi connectivity index (χ3n) is 3.59. The van der Waals surface area contributed by atoms with Crippen molar-refractivity contribution >= 4 is 29.9 Å². The Kier molecular flexibility index (Phi) is 10.8. The summed E-state index contributed by atoms with van der Waals surface area (Å²) in [4.78, 5) is 4.53. The number of hydrogen-bond acceptors (Lipinski definition) is 4. The van der Waals surface area contributed by atoms with Crippen LogP contribution in [-0.4, -0.2) is 47.5 Å². The quantitative estimate of drug-likeness (QED) is 0.251. The maximum absolute atomic E-state index is 13.0. The van der Waals surface area contributed by atoms with Crippen molar-refractivity contribution < 1.29 is 9.13 Å². The lowest BCUT2D eigenvalue weighted by Crippen LogP contribution is -2.40. The first-order valence-corrected chi connectivity index (χ1v) is 8.35. The number of halogens is 2. The summed E-state index contributed by atoms with van der Waals surface area (Å²) in [5.41, 5.74) is 0.946. The van der Waals surface area contributed by atoms with Gasteiger partial charge in [0.25, 0.3) is 0 Å². The molecule has 0 unspecified atom stereocenters. The molecule has 9 heteroatoms. The molecule has 0 fully saturated rings. The van der Waals surface area contributed by atoms with Gasteiger partial charge >= 0.3 is 0 Å². The highest BCUT2D eigenvalue weighted by molar-refractivity contribution is 14.0. The van der Waals surface area contributed by atoms with Crippen molar-refractivity contribution in [3.05, 3.63) is 47.8 Å². The maximum atomic E-state index is 13.0. The van der Waals surface area contributed by atoms with Crippen molar-refractivity contribution in [1.82, 2.24) is 25.4 Å².